The lowest BCUT2D eigenvalue weighted by atomic mass is 9.82. The normalized spacial score (nSPS) is 20.6. The first-order chi connectivity index (χ1) is 20.3. The number of rotatable bonds is 9. The molecule has 0 unspecified atom stereocenters. The molecule has 0 aromatic heterocycles. The molecule has 9 nitrogen and oxygen atoms in total. The first-order valence-electron chi connectivity index (χ1n) is 14.1. The molecule has 5 rings (SSSR count). The fourth-order valence-corrected chi connectivity index (χ4v) is 5.71. The van der Waals surface area contributed by atoms with Crippen molar-refractivity contribution < 1.29 is 29.3 Å². The Hall–Kier alpha value is -4.47. The number of hydrogen-bond donors (Lipinski definition) is 3. The summed E-state index contributed by atoms with van der Waals surface area (Å²) in [4.78, 5) is 42.9. The molecule has 3 amide bonds. The number of benzene rings is 3. The van der Waals surface area contributed by atoms with E-state index in [1.54, 1.807) is 85.7 Å². The Labute approximate surface area is 245 Å². The number of fused-ring (bicyclic) bond motifs is 1. The van der Waals surface area contributed by atoms with Crippen LogP contribution in [-0.4, -0.2) is 59.1 Å². The molecule has 3 N–H and O–H groups in total. The summed E-state index contributed by atoms with van der Waals surface area (Å²) in [6.45, 7) is 2.27. The SMILES string of the molecule is COc1ccc(C(=O)Nc2ccc3c(c2)[C@](O)([C@@H](C)/C=C/CC(=O)N2CCC[C@H]2CO)C(=O)N3c2ccccc2)cc1. The van der Waals surface area contributed by atoms with Crippen LogP contribution in [0.2, 0.25) is 0 Å². The highest BCUT2D eigenvalue weighted by Gasteiger charge is 2.53. The van der Waals surface area contributed by atoms with Gasteiger partial charge in [0.1, 0.15) is 5.75 Å². The summed E-state index contributed by atoms with van der Waals surface area (Å²) in [5.41, 5.74) is 0.363. The number of ether oxygens (including phenoxy) is 1. The largest absolute Gasteiger partial charge is 0.497 e. The van der Waals surface area contributed by atoms with Crippen molar-refractivity contribution in [2.75, 3.05) is 30.5 Å². The molecule has 0 radical (unpaired) electrons. The second kappa shape index (κ2) is 12.2. The number of likely N-dealkylation sites (tertiary alicyclic amines) is 1. The van der Waals surface area contributed by atoms with Crippen LogP contribution in [0.4, 0.5) is 17.1 Å². The van der Waals surface area contributed by atoms with E-state index in [4.69, 9.17) is 4.74 Å². The second-order valence-corrected chi connectivity index (χ2v) is 10.6. The Morgan fingerprint density at radius 1 is 1.12 bits per heavy atom. The smallest absolute Gasteiger partial charge is 0.268 e. The number of nitrogens with one attached hydrogen (secondary N) is 1. The molecule has 9 heteroatoms. The van der Waals surface area contributed by atoms with Gasteiger partial charge >= 0.3 is 0 Å². The van der Waals surface area contributed by atoms with E-state index in [1.807, 2.05) is 18.2 Å². The topological polar surface area (TPSA) is 119 Å². The number of methoxy groups -OCH3 is 1. The van der Waals surface area contributed by atoms with Crippen LogP contribution in [0.3, 0.4) is 0 Å². The zero-order valence-electron chi connectivity index (χ0n) is 23.7. The maximum absolute atomic E-state index is 14.0. The summed E-state index contributed by atoms with van der Waals surface area (Å²) in [7, 11) is 1.55. The zero-order valence-corrected chi connectivity index (χ0v) is 23.7. The third-order valence-electron chi connectivity index (χ3n) is 8.09. The van der Waals surface area contributed by atoms with Crippen LogP contribution < -0.4 is 15.0 Å². The number of amides is 3. The molecule has 0 bridgehead atoms. The molecule has 0 saturated carbocycles. The number of aliphatic hydroxyl groups excluding tert-OH is 1. The van der Waals surface area contributed by atoms with Crippen molar-refractivity contribution in [2.24, 2.45) is 5.92 Å². The van der Waals surface area contributed by atoms with Gasteiger partial charge in [-0.15, -0.1) is 0 Å². The Morgan fingerprint density at radius 3 is 2.55 bits per heavy atom. The van der Waals surface area contributed by atoms with Crippen molar-refractivity contribution in [3.8, 4) is 5.75 Å². The van der Waals surface area contributed by atoms with Gasteiger partial charge in [0.2, 0.25) is 5.91 Å². The fraction of sp³-hybridized carbons (Fsp3) is 0.303. The highest BCUT2D eigenvalue weighted by Crippen LogP contribution is 2.49. The number of para-hydroxylation sites is 1. The second-order valence-electron chi connectivity index (χ2n) is 10.6. The van der Waals surface area contributed by atoms with Crippen molar-refractivity contribution in [2.45, 2.75) is 37.8 Å². The van der Waals surface area contributed by atoms with Gasteiger partial charge in [0.15, 0.2) is 5.60 Å². The van der Waals surface area contributed by atoms with E-state index < -0.39 is 17.4 Å². The number of carbonyl (C=O) groups excluding carboxylic acids is 3. The van der Waals surface area contributed by atoms with Crippen LogP contribution in [0.15, 0.2) is 84.9 Å². The Balaban J connectivity index is 1.43. The van der Waals surface area contributed by atoms with E-state index in [9.17, 15) is 24.6 Å². The average Bonchev–Trinajstić information content (AvgIpc) is 3.59. The van der Waals surface area contributed by atoms with Crippen LogP contribution in [-0.2, 0) is 15.2 Å². The predicted octanol–water partition coefficient (Wildman–Crippen LogP) is 4.38. The minimum absolute atomic E-state index is 0.0659. The van der Waals surface area contributed by atoms with E-state index >= 15 is 0 Å². The fourth-order valence-electron chi connectivity index (χ4n) is 5.71. The van der Waals surface area contributed by atoms with Crippen LogP contribution in [0, 0.1) is 5.92 Å². The summed E-state index contributed by atoms with van der Waals surface area (Å²) in [5.74, 6) is -1.05. The lowest BCUT2D eigenvalue weighted by molar-refractivity contribution is -0.138. The molecule has 218 valence electrons. The number of nitrogens with zero attached hydrogens (tertiary/aromatic N) is 2. The molecule has 0 aliphatic carbocycles. The molecule has 1 saturated heterocycles. The molecule has 3 aromatic rings. The maximum Gasteiger partial charge on any atom is 0.268 e. The van der Waals surface area contributed by atoms with E-state index in [-0.39, 0.29) is 30.9 Å². The van der Waals surface area contributed by atoms with E-state index in [0.29, 0.717) is 40.5 Å². The van der Waals surface area contributed by atoms with Crippen LogP contribution in [0.5, 0.6) is 5.75 Å². The van der Waals surface area contributed by atoms with Gasteiger partial charge in [-0.3, -0.25) is 19.3 Å². The van der Waals surface area contributed by atoms with Gasteiger partial charge in [-0.2, -0.15) is 0 Å². The first-order valence-corrected chi connectivity index (χ1v) is 14.1. The van der Waals surface area contributed by atoms with Crippen LogP contribution >= 0.6 is 0 Å². The molecule has 3 atom stereocenters. The molecular weight excluding hydrogens is 534 g/mol. The summed E-state index contributed by atoms with van der Waals surface area (Å²) < 4.78 is 5.16. The standard InChI is InChI=1S/C33H35N3O6/c1-22(8-6-12-30(38)35-19-7-11-26(35)21-37)33(41)28-20-24(34-31(39)23-13-16-27(42-2)17-14-23)15-18-29(28)36(32(33)40)25-9-4-3-5-10-25/h3-6,8-10,13-18,20,22,26,37,41H,7,11-12,19,21H2,1-2H3,(H,34,39)/b8-6+/t22-,26-,33+/m0/s1. The number of anilines is 3. The molecule has 2 aliphatic rings. The van der Waals surface area contributed by atoms with Crippen molar-refractivity contribution in [3.63, 3.8) is 0 Å². The van der Waals surface area contributed by atoms with Crippen LogP contribution in [0.1, 0.15) is 42.1 Å². The van der Waals surface area contributed by atoms with Gasteiger partial charge in [-0.05, 0) is 67.4 Å². The minimum Gasteiger partial charge on any atom is -0.497 e. The Kier molecular flexibility index (Phi) is 8.42. The summed E-state index contributed by atoms with van der Waals surface area (Å²) in [6, 6.07) is 20.6. The molecule has 2 aliphatic heterocycles. The van der Waals surface area contributed by atoms with Crippen molar-refractivity contribution in [1.29, 1.82) is 0 Å². The number of aliphatic hydroxyl groups is 2. The van der Waals surface area contributed by atoms with E-state index in [1.165, 1.54) is 4.90 Å². The third kappa shape index (κ3) is 5.41. The van der Waals surface area contributed by atoms with Gasteiger partial charge in [0.25, 0.3) is 11.8 Å². The zero-order chi connectivity index (χ0) is 29.9. The Morgan fingerprint density at radius 2 is 1.86 bits per heavy atom. The summed E-state index contributed by atoms with van der Waals surface area (Å²) in [5, 5.41) is 24.5. The quantitative estimate of drug-likeness (QED) is 0.329. The van der Waals surface area contributed by atoms with Crippen molar-refractivity contribution >= 4 is 34.8 Å². The molecule has 2 heterocycles. The molecule has 0 spiro atoms. The highest BCUT2D eigenvalue weighted by atomic mass is 16.5. The van der Waals surface area contributed by atoms with Gasteiger partial charge in [0.05, 0.1) is 25.4 Å². The van der Waals surface area contributed by atoms with E-state index in [0.717, 1.165) is 12.8 Å². The monoisotopic (exact) mass is 569 g/mol. The van der Waals surface area contributed by atoms with Gasteiger partial charge in [-0.25, -0.2) is 0 Å². The minimum atomic E-state index is -1.95. The Bertz CT molecular complexity index is 1490. The predicted molar refractivity (Wildman–Crippen MR) is 160 cm³/mol. The summed E-state index contributed by atoms with van der Waals surface area (Å²) >= 11 is 0. The summed E-state index contributed by atoms with van der Waals surface area (Å²) in [6.07, 6.45) is 5.08. The highest BCUT2D eigenvalue weighted by molar-refractivity contribution is 6.13. The van der Waals surface area contributed by atoms with Gasteiger partial charge in [0, 0.05) is 41.4 Å². The molecular formula is C33H35N3O6. The lowest BCUT2D eigenvalue weighted by Crippen LogP contribution is -2.42. The average molecular weight is 570 g/mol. The maximum atomic E-state index is 14.0. The lowest BCUT2D eigenvalue weighted by Gasteiger charge is -2.28. The van der Waals surface area contributed by atoms with Gasteiger partial charge in [-0.1, -0.05) is 37.3 Å². The number of hydrogen-bond acceptors (Lipinski definition) is 6. The molecule has 3 aromatic carbocycles. The number of carbonyl (C=O) groups is 3. The molecule has 42 heavy (non-hydrogen) atoms. The van der Waals surface area contributed by atoms with Crippen molar-refractivity contribution in [3.05, 3.63) is 96.1 Å². The first kappa shape index (κ1) is 29.0. The molecule has 1 fully saturated rings. The van der Waals surface area contributed by atoms with Crippen molar-refractivity contribution in [1.82, 2.24) is 4.90 Å². The van der Waals surface area contributed by atoms with E-state index in [2.05, 4.69) is 5.32 Å². The van der Waals surface area contributed by atoms with Gasteiger partial charge < -0.3 is 25.2 Å². The third-order valence-corrected chi connectivity index (χ3v) is 8.09. The van der Waals surface area contributed by atoms with Crippen LogP contribution in [0.25, 0.3) is 0 Å².